The number of benzene rings is 1. The van der Waals surface area contributed by atoms with Crippen LogP contribution in [-0.4, -0.2) is 24.2 Å². The normalized spacial score (nSPS) is 19.0. The molecule has 4 nitrogen and oxygen atoms in total. The van der Waals surface area contributed by atoms with Crippen LogP contribution in [-0.2, 0) is 17.8 Å². The van der Waals surface area contributed by atoms with Gasteiger partial charge in [-0.25, -0.2) is 0 Å². The van der Waals surface area contributed by atoms with E-state index < -0.39 is 12.0 Å². The average Bonchev–Trinajstić information content (AvgIpc) is 2.29. The molecule has 1 aliphatic heterocycles. The summed E-state index contributed by atoms with van der Waals surface area (Å²) in [5.41, 5.74) is 2.06. The minimum Gasteiger partial charge on any atom is -0.496 e. The van der Waals surface area contributed by atoms with Crippen LogP contribution < -0.4 is 10.1 Å². The fourth-order valence-corrected chi connectivity index (χ4v) is 2.44. The number of ether oxygens (including phenoxy) is 1. The van der Waals surface area contributed by atoms with Crippen LogP contribution in [0.5, 0.6) is 5.75 Å². The Hall–Kier alpha value is -1.07. The van der Waals surface area contributed by atoms with Crippen LogP contribution in [0.3, 0.4) is 0 Å². The van der Waals surface area contributed by atoms with Gasteiger partial charge in [-0.2, -0.15) is 0 Å². The third-order valence-corrected chi connectivity index (χ3v) is 3.53. The lowest BCUT2D eigenvalue weighted by molar-refractivity contribution is -0.139. The molecule has 0 radical (unpaired) electrons. The molecule has 1 aromatic rings. The average molecular weight is 286 g/mol. The molecule has 1 atom stereocenters. The number of carboxylic acid groups (broad SMARTS) is 1. The van der Waals surface area contributed by atoms with Gasteiger partial charge >= 0.3 is 5.97 Å². The smallest absolute Gasteiger partial charge is 0.321 e. The second-order valence-electron chi connectivity index (χ2n) is 3.68. The highest BCUT2D eigenvalue weighted by molar-refractivity contribution is 9.10. The number of rotatable bonds is 2. The number of carboxylic acids is 1. The summed E-state index contributed by atoms with van der Waals surface area (Å²) >= 11 is 3.46. The first-order chi connectivity index (χ1) is 7.63. The van der Waals surface area contributed by atoms with Crippen molar-refractivity contribution in [3.05, 3.63) is 27.7 Å². The van der Waals surface area contributed by atoms with Gasteiger partial charge in [0.25, 0.3) is 0 Å². The van der Waals surface area contributed by atoms with Gasteiger partial charge in [-0.3, -0.25) is 10.1 Å². The number of methoxy groups -OCH3 is 1. The van der Waals surface area contributed by atoms with Crippen molar-refractivity contribution in [2.24, 2.45) is 0 Å². The van der Waals surface area contributed by atoms with E-state index in [-0.39, 0.29) is 0 Å². The molecular weight excluding hydrogens is 274 g/mol. The molecule has 86 valence electrons. The number of hydrogen-bond acceptors (Lipinski definition) is 3. The van der Waals surface area contributed by atoms with E-state index in [1.54, 1.807) is 7.11 Å². The largest absolute Gasteiger partial charge is 0.496 e. The van der Waals surface area contributed by atoms with Gasteiger partial charge in [-0.15, -0.1) is 0 Å². The number of hydrogen-bond donors (Lipinski definition) is 2. The maximum atomic E-state index is 10.9. The number of aliphatic carboxylic acids is 1. The first kappa shape index (κ1) is 11.4. The summed E-state index contributed by atoms with van der Waals surface area (Å²) in [4.78, 5) is 10.9. The lowest BCUT2D eigenvalue weighted by Gasteiger charge is -2.25. The molecule has 1 unspecified atom stereocenters. The topological polar surface area (TPSA) is 58.6 Å². The Kier molecular flexibility index (Phi) is 3.16. The second kappa shape index (κ2) is 4.43. The first-order valence-electron chi connectivity index (χ1n) is 4.94. The highest BCUT2D eigenvalue weighted by atomic mass is 79.9. The van der Waals surface area contributed by atoms with Crippen molar-refractivity contribution >= 4 is 21.9 Å². The molecule has 2 N–H and O–H groups in total. The van der Waals surface area contributed by atoms with E-state index in [9.17, 15) is 4.79 Å². The van der Waals surface area contributed by atoms with Crippen molar-refractivity contribution in [3.8, 4) is 5.75 Å². The van der Waals surface area contributed by atoms with Crippen molar-refractivity contribution in [1.82, 2.24) is 5.32 Å². The van der Waals surface area contributed by atoms with Crippen molar-refractivity contribution in [3.63, 3.8) is 0 Å². The molecule has 1 aliphatic rings. The summed E-state index contributed by atoms with van der Waals surface area (Å²) in [7, 11) is 1.60. The molecule has 1 heterocycles. The predicted octanol–water partition coefficient (Wildman–Crippen LogP) is 1.56. The molecule has 1 aromatic carbocycles. The van der Waals surface area contributed by atoms with Gasteiger partial charge < -0.3 is 9.84 Å². The fourth-order valence-electron chi connectivity index (χ4n) is 1.93. The molecule has 0 spiro atoms. The standard InChI is InChI=1S/C11H12BrNO3/c1-16-10-3-2-8(12)7-5-13-9(11(14)15)4-6(7)10/h2-3,9,13H,4-5H2,1H3,(H,14,15). The highest BCUT2D eigenvalue weighted by Crippen LogP contribution is 2.32. The molecule has 0 saturated heterocycles. The maximum Gasteiger partial charge on any atom is 0.321 e. The van der Waals surface area contributed by atoms with Gasteiger partial charge in [-0.05, 0) is 17.7 Å². The van der Waals surface area contributed by atoms with Crippen LogP contribution >= 0.6 is 15.9 Å². The third kappa shape index (κ3) is 1.92. The summed E-state index contributed by atoms with van der Waals surface area (Å²) in [5.74, 6) is -0.0707. The van der Waals surface area contributed by atoms with Gasteiger partial charge in [0, 0.05) is 23.0 Å². The minimum atomic E-state index is -0.826. The van der Waals surface area contributed by atoms with Crippen LogP contribution in [0, 0.1) is 0 Å². The molecule has 16 heavy (non-hydrogen) atoms. The zero-order valence-electron chi connectivity index (χ0n) is 8.79. The molecule has 2 rings (SSSR count). The van der Waals surface area contributed by atoms with Gasteiger partial charge in [-0.1, -0.05) is 15.9 Å². The summed E-state index contributed by atoms with van der Waals surface area (Å²) in [5, 5.41) is 12.0. The second-order valence-corrected chi connectivity index (χ2v) is 4.54. The summed E-state index contributed by atoms with van der Waals surface area (Å²) in [6.07, 6.45) is 0.452. The third-order valence-electron chi connectivity index (χ3n) is 2.78. The number of halogens is 1. The van der Waals surface area contributed by atoms with E-state index in [4.69, 9.17) is 9.84 Å². The van der Waals surface area contributed by atoms with E-state index in [1.165, 1.54) is 0 Å². The monoisotopic (exact) mass is 285 g/mol. The molecule has 0 saturated carbocycles. The molecule has 0 aliphatic carbocycles. The molecular formula is C11H12BrNO3. The Balaban J connectivity index is 2.42. The van der Waals surface area contributed by atoms with E-state index in [1.807, 2.05) is 12.1 Å². The summed E-state index contributed by atoms with van der Waals surface area (Å²) in [6, 6.07) is 3.24. The van der Waals surface area contributed by atoms with E-state index in [2.05, 4.69) is 21.2 Å². The SMILES string of the molecule is COc1ccc(Br)c2c1CC(C(=O)O)NC2. The maximum absolute atomic E-state index is 10.9. The number of carbonyl (C=O) groups is 1. The van der Waals surface area contributed by atoms with Gasteiger partial charge in [0.15, 0.2) is 0 Å². The Labute approximate surface area is 102 Å². The zero-order chi connectivity index (χ0) is 11.7. The summed E-state index contributed by atoms with van der Waals surface area (Å²) in [6.45, 7) is 0.546. The molecule has 0 fully saturated rings. The predicted molar refractivity (Wildman–Crippen MR) is 62.7 cm³/mol. The fraction of sp³-hybridized carbons (Fsp3) is 0.364. The lowest BCUT2D eigenvalue weighted by Crippen LogP contribution is -2.41. The molecule has 0 bridgehead atoms. The lowest BCUT2D eigenvalue weighted by atomic mass is 9.95. The quantitative estimate of drug-likeness (QED) is 0.866. The molecule has 5 heteroatoms. The first-order valence-corrected chi connectivity index (χ1v) is 5.73. The van der Waals surface area contributed by atoms with Crippen LogP contribution in [0.25, 0.3) is 0 Å². The van der Waals surface area contributed by atoms with Crippen LogP contribution in [0.2, 0.25) is 0 Å². The summed E-state index contributed by atoms with van der Waals surface area (Å²) < 4.78 is 6.24. The zero-order valence-corrected chi connectivity index (χ0v) is 10.4. The van der Waals surface area contributed by atoms with Gasteiger partial charge in [0.05, 0.1) is 7.11 Å². The van der Waals surface area contributed by atoms with Crippen molar-refractivity contribution in [2.75, 3.05) is 7.11 Å². The van der Waals surface area contributed by atoms with Gasteiger partial charge in [0.2, 0.25) is 0 Å². The van der Waals surface area contributed by atoms with Crippen molar-refractivity contribution in [2.45, 2.75) is 19.0 Å². The number of fused-ring (bicyclic) bond motifs is 1. The van der Waals surface area contributed by atoms with Crippen LogP contribution in [0.1, 0.15) is 11.1 Å². The Morgan fingerprint density at radius 3 is 2.94 bits per heavy atom. The number of nitrogens with one attached hydrogen (secondary N) is 1. The van der Waals surface area contributed by atoms with Crippen LogP contribution in [0.4, 0.5) is 0 Å². The van der Waals surface area contributed by atoms with Gasteiger partial charge in [0.1, 0.15) is 11.8 Å². The van der Waals surface area contributed by atoms with E-state index in [0.717, 1.165) is 21.3 Å². The minimum absolute atomic E-state index is 0.452. The van der Waals surface area contributed by atoms with Crippen molar-refractivity contribution < 1.29 is 14.6 Å². The van der Waals surface area contributed by atoms with E-state index >= 15 is 0 Å². The molecule has 0 aromatic heterocycles. The highest BCUT2D eigenvalue weighted by Gasteiger charge is 2.27. The van der Waals surface area contributed by atoms with Crippen molar-refractivity contribution in [1.29, 1.82) is 0 Å². The Bertz CT molecular complexity index is 433. The van der Waals surface area contributed by atoms with E-state index in [0.29, 0.717) is 13.0 Å². The Morgan fingerprint density at radius 1 is 1.56 bits per heavy atom. The Morgan fingerprint density at radius 2 is 2.31 bits per heavy atom. The van der Waals surface area contributed by atoms with Crippen LogP contribution in [0.15, 0.2) is 16.6 Å². The molecule has 0 amide bonds.